The molecule has 0 saturated heterocycles. The van der Waals surface area contributed by atoms with E-state index in [1.165, 1.54) is 0 Å². The van der Waals surface area contributed by atoms with E-state index in [0.717, 1.165) is 59.0 Å². The number of aromatic nitrogens is 1. The van der Waals surface area contributed by atoms with Gasteiger partial charge in [-0.05, 0) is 55.8 Å². The number of hydrogen-bond acceptors (Lipinski definition) is 3. The first-order chi connectivity index (χ1) is 16.4. The number of fused-ring (bicyclic) bond motifs is 1. The van der Waals surface area contributed by atoms with Crippen LogP contribution < -0.4 is 10.6 Å². The van der Waals surface area contributed by atoms with Gasteiger partial charge in [-0.1, -0.05) is 56.3 Å². The van der Waals surface area contributed by atoms with Crippen LogP contribution in [0, 0.1) is 13.8 Å². The number of hydrogen-bond donors (Lipinski definition) is 3. The van der Waals surface area contributed by atoms with E-state index in [2.05, 4.69) is 46.5 Å². The maximum Gasteiger partial charge on any atom is 0.256 e. The Hall–Kier alpha value is -3.64. The van der Waals surface area contributed by atoms with E-state index in [-0.39, 0.29) is 11.8 Å². The number of carbonyl (C=O) groups excluding carboxylic acids is 2. The third kappa shape index (κ3) is 4.68. The average Bonchev–Trinajstić information content (AvgIpc) is 3.31. The molecular formula is C28H32N4O2. The van der Waals surface area contributed by atoms with Gasteiger partial charge in [-0.3, -0.25) is 9.59 Å². The molecule has 3 aromatic rings. The van der Waals surface area contributed by atoms with Gasteiger partial charge in [-0.2, -0.15) is 0 Å². The van der Waals surface area contributed by atoms with E-state index in [1.807, 2.05) is 56.3 Å². The van der Waals surface area contributed by atoms with Crippen molar-refractivity contribution in [2.45, 2.75) is 27.7 Å². The van der Waals surface area contributed by atoms with Crippen LogP contribution >= 0.6 is 0 Å². The van der Waals surface area contributed by atoms with Gasteiger partial charge in [0.05, 0.1) is 11.1 Å². The first-order valence-electron chi connectivity index (χ1n) is 11.9. The Morgan fingerprint density at radius 1 is 1.03 bits per heavy atom. The van der Waals surface area contributed by atoms with Gasteiger partial charge in [0.25, 0.3) is 11.8 Å². The molecule has 0 saturated carbocycles. The van der Waals surface area contributed by atoms with Crippen LogP contribution in [0.5, 0.6) is 0 Å². The van der Waals surface area contributed by atoms with Crippen LogP contribution in [0.25, 0.3) is 22.8 Å². The standard InChI is InChI=1S/C28H32N4O2/c1-5-32(6-2)15-14-29-28(34)26-18(3)24(30-19(26)4)17-23-22-13-12-21(16-25(22)31-27(23)33)20-10-8-7-9-11-20/h7-13,16-17,30H,5-6,14-15H2,1-4H3,(H,29,34)(H,31,33)/b23-17-. The molecule has 2 aromatic carbocycles. The quantitative estimate of drug-likeness (QED) is 0.424. The van der Waals surface area contributed by atoms with E-state index < -0.39 is 0 Å². The zero-order valence-electron chi connectivity index (χ0n) is 20.3. The number of rotatable bonds is 8. The van der Waals surface area contributed by atoms with Crippen molar-refractivity contribution in [3.63, 3.8) is 0 Å². The molecule has 6 heteroatoms. The Kier molecular flexibility index (Phi) is 6.98. The number of amides is 2. The molecule has 0 radical (unpaired) electrons. The third-order valence-corrected chi connectivity index (χ3v) is 6.51. The summed E-state index contributed by atoms with van der Waals surface area (Å²) < 4.78 is 0. The lowest BCUT2D eigenvalue weighted by Gasteiger charge is -2.18. The lowest BCUT2D eigenvalue weighted by molar-refractivity contribution is -0.110. The van der Waals surface area contributed by atoms with Crippen LogP contribution in [-0.2, 0) is 4.79 Å². The molecule has 0 aliphatic carbocycles. The summed E-state index contributed by atoms with van der Waals surface area (Å²) in [5, 5.41) is 6.02. The zero-order valence-corrected chi connectivity index (χ0v) is 20.3. The van der Waals surface area contributed by atoms with Gasteiger partial charge in [0.1, 0.15) is 0 Å². The summed E-state index contributed by atoms with van der Waals surface area (Å²) in [5.74, 6) is -0.232. The van der Waals surface area contributed by atoms with Crippen LogP contribution in [0.15, 0.2) is 48.5 Å². The number of likely N-dealkylation sites (N-methyl/N-ethyl adjacent to an activating group) is 1. The second-order valence-corrected chi connectivity index (χ2v) is 8.58. The summed E-state index contributed by atoms with van der Waals surface area (Å²) in [4.78, 5) is 31.3. The molecule has 0 bridgehead atoms. The Bertz CT molecular complexity index is 1240. The molecule has 1 aliphatic rings. The summed E-state index contributed by atoms with van der Waals surface area (Å²) in [6.07, 6.45) is 1.85. The van der Waals surface area contributed by atoms with E-state index in [1.54, 1.807) is 0 Å². The fourth-order valence-corrected chi connectivity index (χ4v) is 4.51. The number of aryl methyl sites for hydroxylation is 1. The molecule has 0 spiro atoms. The Labute approximate surface area is 201 Å². The molecule has 1 aliphatic heterocycles. The van der Waals surface area contributed by atoms with Crippen molar-refractivity contribution in [3.05, 3.63) is 76.6 Å². The highest BCUT2D eigenvalue weighted by Crippen LogP contribution is 2.36. The van der Waals surface area contributed by atoms with Gasteiger partial charge in [0, 0.05) is 35.7 Å². The molecule has 2 amide bonds. The molecule has 0 unspecified atom stereocenters. The number of carbonyl (C=O) groups is 2. The SMILES string of the molecule is CCN(CC)CCNC(=O)c1c(C)[nH]c(/C=C2\C(=O)Nc3cc(-c4ccccc4)ccc32)c1C. The van der Waals surface area contributed by atoms with Crippen LogP contribution in [-0.4, -0.2) is 47.9 Å². The van der Waals surface area contributed by atoms with E-state index in [0.29, 0.717) is 17.7 Å². The zero-order chi connectivity index (χ0) is 24.2. The maximum absolute atomic E-state index is 12.9. The molecule has 4 rings (SSSR count). The summed E-state index contributed by atoms with van der Waals surface area (Å²) >= 11 is 0. The van der Waals surface area contributed by atoms with Crippen molar-refractivity contribution in [2.24, 2.45) is 0 Å². The highest BCUT2D eigenvalue weighted by atomic mass is 16.2. The van der Waals surface area contributed by atoms with Crippen LogP contribution in [0.4, 0.5) is 5.69 Å². The number of benzene rings is 2. The summed E-state index contributed by atoms with van der Waals surface area (Å²) in [7, 11) is 0. The minimum atomic E-state index is -0.142. The molecular weight excluding hydrogens is 424 g/mol. The minimum Gasteiger partial charge on any atom is -0.358 e. The predicted molar refractivity (Wildman–Crippen MR) is 139 cm³/mol. The lowest BCUT2D eigenvalue weighted by Crippen LogP contribution is -2.35. The van der Waals surface area contributed by atoms with Crippen molar-refractivity contribution in [2.75, 3.05) is 31.5 Å². The predicted octanol–water partition coefficient (Wildman–Crippen LogP) is 4.86. The third-order valence-electron chi connectivity index (χ3n) is 6.51. The van der Waals surface area contributed by atoms with Gasteiger partial charge in [-0.15, -0.1) is 0 Å². The minimum absolute atomic E-state index is 0.0909. The van der Waals surface area contributed by atoms with Crippen LogP contribution in [0.2, 0.25) is 0 Å². The molecule has 1 aromatic heterocycles. The summed E-state index contributed by atoms with van der Waals surface area (Å²) in [6.45, 7) is 11.4. The topological polar surface area (TPSA) is 77.2 Å². The average molecular weight is 457 g/mol. The van der Waals surface area contributed by atoms with Gasteiger partial charge >= 0.3 is 0 Å². The van der Waals surface area contributed by atoms with Crippen molar-refractivity contribution in [1.29, 1.82) is 0 Å². The molecule has 2 heterocycles. The largest absolute Gasteiger partial charge is 0.358 e. The summed E-state index contributed by atoms with van der Waals surface area (Å²) in [5.41, 5.74) is 7.46. The number of aromatic amines is 1. The molecule has 3 N–H and O–H groups in total. The molecule has 34 heavy (non-hydrogen) atoms. The van der Waals surface area contributed by atoms with Crippen molar-refractivity contribution in [1.82, 2.24) is 15.2 Å². The Balaban J connectivity index is 1.57. The molecule has 0 fully saturated rings. The van der Waals surface area contributed by atoms with Crippen molar-refractivity contribution in [3.8, 4) is 11.1 Å². The molecule has 0 atom stereocenters. The van der Waals surface area contributed by atoms with Crippen LogP contribution in [0.3, 0.4) is 0 Å². The smallest absolute Gasteiger partial charge is 0.256 e. The lowest BCUT2D eigenvalue weighted by atomic mass is 9.99. The fourth-order valence-electron chi connectivity index (χ4n) is 4.51. The Morgan fingerprint density at radius 3 is 2.47 bits per heavy atom. The monoisotopic (exact) mass is 456 g/mol. The van der Waals surface area contributed by atoms with Crippen molar-refractivity contribution < 1.29 is 9.59 Å². The first-order valence-corrected chi connectivity index (χ1v) is 11.9. The van der Waals surface area contributed by atoms with E-state index >= 15 is 0 Å². The summed E-state index contributed by atoms with van der Waals surface area (Å²) in [6, 6.07) is 16.1. The number of nitrogens with zero attached hydrogens (tertiary/aromatic N) is 1. The second kappa shape index (κ2) is 10.1. The van der Waals surface area contributed by atoms with Crippen molar-refractivity contribution >= 4 is 29.2 Å². The van der Waals surface area contributed by atoms with Gasteiger partial charge in [0.15, 0.2) is 0 Å². The highest BCUT2D eigenvalue weighted by Gasteiger charge is 2.26. The number of nitrogens with one attached hydrogen (secondary N) is 3. The molecule has 176 valence electrons. The van der Waals surface area contributed by atoms with E-state index in [4.69, 9.17) is 0 Å². The van der Waals surface area contributed by atoms with E-state index in [9.17, 15) is 9.59 Å². The van der Waals surface area contributed by atoms with Gasteiger partial charge < -0.3 is 20.5 Å². The number of anilines is 1. The van der Waals surface area contributed by atoms with Gasteiger partial charge in [0.2, 0.25) is 0 Å². The maximum atomic E-state index is 12.9. The highest BCUT2D eigenvalue weighted by molar-refractivity contribution is 6.35. The molecule has 6 nitrogen and oxygen atoms in total. The normalized spacial score (nSPS) is 13.9. The number of H-pyrrole nitrogens is 1. The first kappa shape index (κ1) is 23.5. The second-order valence-electron chi connectivity index (χ2n) is 8.58. The fraction of sp³-hybridized carbons (Fsp3) is 0.286. The van der Waals surface area contributed by atoms with Crippen LogP contribution in [0.1, 0.15) is 46.7 Å². The van der Waals surface area contributed by atoms with Gasteiger partial charge in [-0.25, -0.2) is 0 Å². The Morgan fingerprint density at radius 2 is 1.76 bits per heavy atom.